The minimum absolute atomic E-state index is 0.149. The van der Waals surface area contributed by atoms with Crippen LogP contribution < -0.4 is 0 Å². The maximum absolute atomic E-state index is 9.76. The quantitative estimate of drug-likeness (QED) is 0.553. The third-order valence-corrected chi connectivity index (χ3v) is 5.10. The van der Waals surface area contributed by atoms with Crippen molar-refractivity contribution < 1.29 is 14.6 Å². The highest BCUT2D eigenvalue weighted by molar-refractivity contribution is 5.03. The molecule has 0 aromatic heterocycles. The molecule has 3 atom stereocenters. The van der Waals surface area contributed by atoms with Crippen molar-refractivity contribution in [1.82, 2.24) is 0 Å². The van der Waals surface area contributed by atoms with Crippen LogP contribution in [0.4, 0.5) is 0 Å². The molecule has 3 nitrogen and oxygen atoms in total. The lowest BCUT2D eigenvalue weighted by atomic mass is 9.86. The molecule has 1 N–H and O–H groups in total. The van der Waals surface area contributed by atoms with E-state index in [0.29, 0.717) is 18.4 Å². The van der Waals surface area contributed by atoms with Crippen LogP contribution in [-0.4, -0.2) is 30.2 Å². The van der Waals surface area contributed by atoms with E-state index in [1.807, 2.05) is 13.8 Å². The van der Waals surface area contributed by atoms with Crippen LogP contribution in [0, 0.1) is 11.8 Å². The SMILES string of the molecule is CC/C(C)=C/CC/C(C)=C/C[C@@H](CO)[C@@H](C)C[C@@H]1COC(C)(C)O1. The second-order valence-electron chi connectivity index (χ2n) is 7.84. The van der Waals surface area contributed by atoms with Gasteiger partial charge in [-0.2, -0.15) is 0 Å². The van der Waals surface area contributed by atoms with Crippen LogP contribution in [0.1, 0.15) is 73.6 Å². The van der Waals surface area contributed by atoms with E-state index in [9.17, 15) is 5.11 Å². The molecule has 24 heavy (non-hydrogen) atoms. The molecule has 0 radical (unpaired) electrons. The number of hydrogen-bond acceptors (Lipinski definition) is 3. The molecular formula is C21H38O3. The van der Waals surface area contributed by atoms with E-state index >= 15 is 0 Å². The summed E-state index contributed by atoms with van der Waals surface area (Å²) in [6.07, 6.45) is 10.0. The highest BCUT2D eigenvalue weighted by atomic mass is 16.7. The lowest BCUT2D eigenvalue weighted by Gasteiger charge is -2.24. The minimum atomic E-state index is -0.459. The molecule has 1 saturated heterocycles. The Morgan fingerprint density at radius 3 is 2.50 bits per heavy atom. The van der Waals surface area contributed by atoms with Gasteiger partial charge in [0.25, 0.3) is 0 Å². The van der Waals surface area contributed by atoms with Crippen molar-refractivity contribution in [2.24, 2.45) is 11.8 Å². The number of aliphatic hydroxyl groups is 1. The fourth-order valence-electron chi connectivity index (χ4n) is 3.12. The van der Waals surface area contributed by atoms with Crippen LogP contribution in [0.3, 0.4) is 0 Å². The lowest BCUT2D eigenvalue weighted by Crippen LogP contribution is -2.25. The number of rotatable bonds is 10. The van der Waals surface area contributed by atoms with Gasteiger partial charge in [-0.15, -0.1) is 0 Å². The van der Waals surface area contributed by atoms with Crippen LogP contribution >= 0.6 is 0 Å². The predicted molar refractivity (Wildman–Crippen MR) is 101 cm³/mol. The fraction of sp³-hybridized carbons (Fsp3) is 0.810. The summed E-state index contributed by atoms with van der Waals surface area (Å²) in [5.74, 6) is 0.253. The van der Waals surface area contributed by atoms with Gasteiger partial charge in [-0.25, -0.2) is 0 Å². The molecule has 0 amide bonds. The average Bonchev–Trinajstić information content (AvgIpc) is 2.86. The van der Waals surface area contributed by atoms with Gasteiger partial charge in [-0.05, 0) is 71.6 Å². The zero-order valence-corrected chi connectivity index (χ0v) is 16.6. The summed E-state index contributed by atoms with van der Waals surface area (Å²) in [6, 6.07) is 0. The first-order chi connectivity index (χ1) is 11.3. The standard InChI is InChI=1S/C21H38O3/c1-7-16(2)9-8-10-17(3)11-12-19(14-22)18(4)13-20-15-23-21(5,6)24-20/h9,11,18-20,22H,7-8,10,12-15H2,1-6H3/b16-9+,17-11+/t18-,19-,20+/m0/s1. The van der Waals surface area contributed by atoms with Gasteiger partial charge in [0.2, 0.25) is 0 Å². The summed E-state index contributed by atoms with van der Waals surface area (Å²) < 4.78 is 11.5. The zero-order valence-electron chi connectivity index (χ0n) is 16.6. The summed E-state index contributed by atoms with van der Waals surface area (Å²) in [7, 11) is 0. The van der Waals surface area contributed by atoms with Crippen molar-refractivity contribution >= 4 is 0 Å². The molecule has 1 heterocycles. The predicted octanol–water partition coefficient (Wildman–Crippen LogP) is 5.25. The summed E-state index contributed by atoms with van der Waals surface area (Å²) in [5.41, 5.74) is 2.88. The third kappa shape index (κ3) is 7.96. The number of ether oxygens (including phenoxy) is 2. The van der Waals surface area contributed by atoms with Gasteiger partial charge in [-0.3, -0.25) is 0 Å². The van der Waals surface area contributed by atoms with E-state index in [-0.39, 0.29) is 12.7 Å². The minimum Gasteiger partial charge on any atom is -0.396 e. The van der Waals surface area contributed by atoms with Gasteiger partial charge in [0.15, 0.2) is 5.79 Å². The normalized spacial score (nSPS) is 24.2. The topological polar surface area (TPSA) is 38.7 Å². The summed E-state index contributed by atoms with van der Waals surface area (Å²) in [5, 5.41) is 9.76. The molecule has 0 aromatic carbocycles. The second-order valence-corrected chi connectivity index (χ2v) is 7.84. The van der Waals surface area contributed by atoms with E-state index in [4.69, 9.17) is 9.47 Å². The molecular weight excluding hydrogens is 300 g/mol. The number of hydrogen-bond donors (Lipinski definition) is 1. The highest BCUT2D eigenvalue weighted by Crippen LogP contribution is 2.29. The Hall–Kier alpha value is -0.640. The maximum atomic E-state index is 9.76. The van der Waals surface area contributed by atoms with E-state index in [1.54, 1.807) is 0 Å². The maximum Gasteiger partial charge on any atom is 0.163 e. The monoisotopic (exact) mass is 338 g/mol. The summed E-state index contributed by atoms with van der Waals surface area (Å²) in [6.45, 7) is 13.6. The van der Waals surface area contributed by atoms with Crippen molar-refractivity contribution in [2.75, 3.05) is 13.2 Å². The van der Waals surface area contributed by atoms with E-state index in [0.717, 1.165) is 32.1 Å². The Bertz CT molecular complexity index is 423. The molecule has 0 aromatic rings. The van der Waals surface area contributed by atoms with Gasteiger partial charge in [0.1, 0.15) is 0 Å². The molecule has 1 aliphatic heterocycles. The Kier molecular flexibility index (Phi) is 9.25. The Balaban J connectivity index is 2.41. The Morgan fingerprint density at radius 1 is 1.25 bits per heavy atom. The van der Waals surface area contributed by atoms with Gasteiger partial charge in [0.05, 0.1) is 12.7 Å². The molecule has 1 fully saturated rings. The van der Waals surface area contributed by atoms with Gasteiger partial charge < -0.3 is 14.6 Å². The molecule has 140 valence electrons. The number of allylic oxidation sites excluding steroid dienone is 4. The first-order valence-electron chi connectivity index (χ1n) is 9.51. The van der Waals surface area contributed by atoms with E-state index in [2.05, 4.69) is 39.8 Å². The lowest BCUT2D eigenvalue weighted by molar-refractivity contribution is -0.140. The molecule has 0 unspecified atom stereocenters. The van der Waals surface area contributed by atoms with Crippen LogP contribution in [-0.2, 0) is 9.47 Å². The smallest absolute Gasteiger partial charge is 0.163 e. The first kappa shape index (κ1) is 21.4. The molecule has 0 bridgehead atoms. The molecule has 0 spiro atoms. The highest BCUT2D eigenvalue weighted by Gasteiger charge is 2.34. The van der Waals surface area contributed by atoms with E-state index in [1.165, 1.54) is 11.1 Å². The molecule has 3 heteroatoms. The summed E-state index contributed by atoms with van der Waals surface area (Å²) in [4.78, 5) is 0. The van der Waals surface area contributed by atoms with Crippen molar-refractivity contribution in [3.05, 3.63) is 23.3 Å². The van der Waals surface area contributed by atoms with Crippen molar-refractivity contribution in [1.29, 1.82) is 0 Å². The first-order valence-corrected chi connectivity index (χ1v) is 9.51. The second kappa shape index (κ2) is 10.4. The Morgan fingerprint density at radius 2 is 1.96 bits per heavy atom. The van der Waals surface area contributed by atoms with Crippen LogP contribution in [0.15, 0.2) is 23.3 Å². The van der Waals surface area contributed by atoms with Crippen LogP contribution in [0.5, 0.6) is 0 Å². The summed E-state index contributed by atoms with van der Waals surface area (Å²) >= 11 is 0. The molecule has 1 aliphatic rings. The van der Waals surface area contributed by atoms with Gasteiger partial charge in [-0.1, -0.05) is 37.1 Å². The average molecular weight is 339 g/mol. The largest absolute Gasteiger partial charge is 0.396 e. The van der Waals surface area contributed by atoms with Gasteiger partial charge >= 0.3 is 0 Å². The molecule has 1 rings (SSSR count). The van der Waals surface area contributed by atoms with Crippen LogP contribution in [0.25, 0.3) is 0 Å². The van der Waals surface area contributed by atoms with E-state index < -0.39 is 5.79 Å². The number of aliphatic hydroxyl groups excluding tert-OH is 1. The third-order valence-electron chi connectivity index (χ3n) is 5.10. The zero-order chi connectivity index (χ0) is 18.2. The van der Waals surface area contributed by atoms with Gasteiger partial charge in [0, 0.05) is 6.61 Å². The molecule has 0 aliphatic carbocycles. The van der Waals surface area contributed by atoms with Crippen molar-refractivity contribution in [2.45, 2.75) is 85.5 Å². The molecule has 0 saturated carbocycles. The van der Waals surface area contributed by atoms with Crippen LogP contribution in [0.2, 0.25) is 0 Å². The fourth-order valence-corrected chi connectivity index (χ4v) is 3.12. The Labute approximate surface area is 149 Å². The van der Waals surface area contributed by atoms with Crippen molar-refractivity contribution in [3.8, 4) is 0 Å². The van der Waals surface area contributed by atoms with Crippen molar-refractivity contribution in [3.63, 3.8) is 0 Å².